The zero-order valence-electron chi connectivity index (χ0n) is 18.0. The molecule has 3 aromatic carbocycles. The molecule has 8 heteroatoms. The van der Waals surface area contributed by atoms with Gasteiger partial charge in [-0.15, -0.1) is 0 Å². The lowest BCUT2D eigenvalue weighted by molar-refractivity contribution is -0.117. The minimum atomic E-state index is -0.973. The second kappa shape index (κ2) is 10.0. The summed E-state index contributed by atoms with van der Waals surface area (Å²) in [7, 11) is 0. The Hall–Kier alpha value is -3.39. The van der Waals surface area contributed by atoms with Gasteiger partial charge in [0, 0.05) is 30.9 Å². The fraction of sp³-hybridized carbons (Fsp3) is 0.200. The number of carbonyl (C=O) groups excluding carboxylic acids is 1. The van der Waals surface area contributed by atoms with Gasteiger partial charge in [0.05, 0.1) is 16.4 Å². The molecule has 1 aliphatic heterocycles. The van der Waals surface area contributed by atoms with Crippen LogP contribution in [0.3, 0.4) is 0 Å². The summed E-state index contributed by atoms with van der Waals surface area (Å²) in [6.45, 7) is 0.932. The lowest BCUT2D eigenvalue weighted by Gasteiger charge is -2.24. The molecule has 4 rings (SSSR count). The number of aliphatic hydroxyl groups is 1. The SMILES string of the molecule is N=C1CCN(c2ccc(NC(=O)C(Nc3cccc(CN)c3)c3ccccc3)cc2Cl)C1O. The zero-order chi connectivity index (χ0) is 23.4. The van der Waals surface area contributed by atoms with Crippen LogP contribution in [0.2, 0.25) is 5.02 Å². The number of anilines is 3. The number of amides is 1. The summed E-state index contributed by atoms with van der Waals surface area (Å²) in [5, 5.41) is 24.6. The maximum absolute atomic E-state index is 13.3. The topological polar surface area (TPSA) is 114 Å². The van der Waals surface area contributed by atoms with E-state index in [0.29, 0.717) is 35.9 Å². The highest BCUT2D eigenvalue weighted by Gasteiger charge is 2.29. The standard InChI is InChI=1S/C25H26ClN5O2/c26-20-14-19(9-10-22(20)31-12-11-21(28)25(31)33)30-24(32)23(17-6-2-1-3-7-17)29-18-8-4-5-16(13-18)15-27/h1-10,13-14,23,25,28-29,33H,11-12,15,27H2,(H,30,32). The van der Waals surface area contributed by atoms with E-state index in [4.69, 9.17) is 22.7 Å². The van der Waals surface area contributed by atoms with Crippen molar-refractivity contribution < 1.29 is 9.90 Å². The molecule has 2 atom stereocenters. The van der Waals surface area contributed by atoms with E-state index in [1.807, 2.05) is 54.6 Å². The van der Waals surface area contributed by atoms with Gasteiger partial charge in [0.1, 0.15) is 6.04 Å². The molecule has 1 amide bonds. The molecule has 0 spiro atoms. The first kappa shape index (κ1) is 22.8. The van der Waals surface area contributed by atoms with Gasteiger partial charge in [0.2, 0.25) is 0 Å². The quantitative estimate of drug-likeness (QED) is 0.361. The molecule has 1 aliphatic rings. The number of halogens is 1. The van der Waals surface area contributed by atoms with Gasteiger partial charge in [-0.3, -0.25) is 4.79 Å². The molecule has 0 radical (unpaired) electrons. The Morgan fingerprint density at radius 2 is 1.91 bits per heavy atom. The highest BCUT2D eigenvalue weighted by Crippen LogP contribution is 2.33. The summed E-state index contributed by atoms with van der Waals surface area (Å²) in [5.41, 5.74) is 9.76. The minimum Gasteiger partial charge on any atom is -0.370 e. The van der Waals surface area contributed by atoms with Gasteiger partial charge in [-0.2, -0.15) is 0 Å². The Balaban J connectivity index is 1.55. The molecule has 1 saturated heterocycles. The molecule has 0 aromatic heterocycles. The number of carbonyl (C=O) groups is 1. The number of aliphatic hydroxyl groups excluding tert-OH is 1. The molecule has 0 bridgehead atoms. The number of hydrogen-bond acceptors (Lipinski definition) is 6. The summed E-state index contributed by atoms with van der Waals surface area (Å²) in [6, 6.07) is 21.6. The maximum Gasteiger partial charge on any atom is 0.251 e. The Kier molecular flexibility index (Phi) is 6.93. The first-order chi connectivity index (χ1) is 16.0. The first-order valence-corrected chi connectivity index (χ1v) is 11.1. The third kappa shape index (κ3) is 5.17. The monoisotopic (exact) mass is 463 g/mol. The number of rotatable bonds is 7. The van der Waals surface area contributed by atoms with Crippen molar-refractivity contribution in [2.45, 2.75) is 25.2 Å². The van der Waals surface area contributed by atoms with Crippen LogP contribution < -0.4 is 21.3 Å². The largest absolute Gasteiger partial charge is 0.370 e. The van der Waals surface area contributed by atoms with Crippen molar-refractivity contribution in [1.29, 1.82) is 5.41 Å². The summed E-state index contributed by atoms with van der Waals surface area (Å²) < 4.78 is 0. The Morgan fingerprint density at radius 1 is 1.12 bits per heavy atom. The molecular formula is C25H26ClN5O2. The van der Waals surface area contributed by atoms with Crippen LogP contribution in [-0.4, -0.2) is 29.5 Å². The normalized spacial score (nSPS) is 16.5. The van der Waals surface area contributed by atoms with Crippen molar-refractivity contribution in [3.63, 3.8) is 0 Å². The predicted octanol–water partition coefficient (Wildman–Crippen LogP) is 4.14. The van der Waals surface area contributed by atoms with Crippen LogP contribution in [0.5, 0.6) is 0 Å². The maximum atomic E-state index is 13.3. The highest BCUT2D eigenvalue weighted by atomic mass is 35.5. The summed E-state index contributed by atoms with van der Waals surface area (Å²) in [6.07, 6.45) is -0.481. The lowest BCUT2D eigenvalue weighted by atomic mass is 10.0. The van der Waals surface area contributed by atoms with Crippen molar-refractivity contribution in [2.24, 2.45) is 5.73 Å². The van der Waals surface area contributed by atoms with Crippen LogP contribution >= 0.6 is 11.6 Å². The Bertz CT molecular complexity index is 1150. The molecular weight excluding hydrogens is 438 g/mol. The van der Waals surface area contributed by atoms with Crippen LogP contribution in [0, 0.1) is 5.41 Å². The molecule has 0 aliphatic carbocycles. The van der Waals surface area contributed by atoms with Crippen molar-refractivity contribution in [2.75, 3.05) is 22.1 Å². The Morgan fingerprint density at radius 3 is 2.58 bits per heavy atom. The van der Waals surface area contributed by atoms with Gasteiger partial charge in [0.25, 0.3) is 5.91 Å². The fourth-order valence-electron chi connectivity index (χ4n) is 3.87. The van der Waals surface area contributed by atoms with Gasteiger partial charge in [0.15, 0.2) is 6.23 Å². The summed E-state index contributed by atoms with van der Waals surface area (Å²) in [5.74, 6) is -0.244. The third-order valence-electron chi connectivity index (χ3n) is 5.62. The number of nitrogens with zero attached hydrogens (tertiary/aromatic N) is 1. The molecule has 0 saturated carbocycles. The third-order valence-corrected chi connectivity index (χ3v) is 5.93. The van der Waals surface area contributed by atoms with Crippen molar-refractivity contribution in [1.82, 2.24) is 0 Å². The summed E-state index contributed by atoms with van der Waals surface area (Å²) in [4.78, 5) is 15.0. The van der Waals surface area contributed by atoms with E-state index in [9.17, 15) is 9.90 Å². The number of nitrogens with two attached hydrogens (primary N) is 1. The van der Waals surface area contributed by atoms with E-state index >= 15 is 0 Å². The first-order valence-electron chi connectivity index (χ1n) is 10.7. The van der Waals surface area contributed by atoms with E-state index < -0.39 is 12.3 Å². The average Bonchev–Trinajstić information content (AvgIpc) is 3.16. The fourth-order valence-corrected chi connectivity index (χ4v) is 4.15. The molecule has 170 valence electrons. The molecule has 7 nitrogen and oxygen atoms in total. The number of nitrogens with one attached hydrogen (secondary N) is 3. The Labute approximate surface area is 197 Å². The van der Waals surface area contributed by atoms with E-state index in [0.717, 1.165) is 16.8 Å². The smallest absolute Gasteiger partial charge is 0.251 e. The summed E-state index contributed by atoms with van der Waals surface area (Å²) >= 11 is 6.46. The van der Waals surface area contributed by atoms with E-state index in [-0.39, 0.29) is 11.6 Å². The molecule has 1 fully saturated rings. The minimum absolute atomic E-state index is 0.244. The zero-order valence-corrected chi connectivity index (χ0v) is 18.7. The average molecular weight is 464 g/mol. The molecule has 3 aromatic rings. The van der Waals surface area contributed by atoms with Crippen molar-refractivity contribution >= 4 is 40.3 Å². The molecule has 6 N–H and O–H groups in total. The van der Waals surface area contributed by atoms with Gasteiger partial charge >= 0.3 is 0 Å². The predicted molar refractivity (Wildman–Crippen MR) is 133 cm³/mol. The van der Waals surface area contributed by atoms with E-state index in [2.05, 4.69) is 10.6 Å². The van der Waals surface area contributed by atoms with Crippen LogP contribution in [0.15, 0.2) is 72.8 Å². The number of hydrogen-bond donors (Lipinski definition) is 5. The van der Waals surface area contributed by atoms with E-state index in [1.54, 1.807) is 23.1 Å². The van der Waals surface area contributed by atoms with Gasteiger partial charge in [-0.05, 0) is 41.5 Å². The van der Waals surface area contributed by atoms with Crippen LogP contribution in [-0.2, 0) is 11.3 Å². The van der Waals surface area contributed by atoms with Crippen LogP contribution in [0.1, 0.15) is 23.6 Å². The molecule has 2 unspecified atom stereocenters. The van der Waals surface area contributed by atoms with Crippen molar-refractivity contribution in [3.8, 4) is 0 Å². The van der Waals surface area contributed by atoms with Crippen LogP contribution in [0.4, 0.5) is 17.1 Å². The second-order valence-electron chi connectivity index (χ2n) is 7.89. The highest BCUT2D eigenvalue weighted by molar-refractivity contribution is 6.33. The second-order valence-corrected chi connectivity index (χ2v) is 8.30. The van der Waals surface area contributed by atoms with Crippen LogP contribution in [0.25, 0.3) is 0 Å². The van der Waals surface area contributed by atoms with Gasteiger partial charge in [-0.1, -0.05) is 54.1 Å². The van der Waals surface area contributed by atoms with Gasteiger partial charge < -0.3 is 31.8 Å². The number of benzene rings is 3. The molecule has 33 heavy (non-hydrogen) atoms. The lowest BCUT2D eigenvalue weighted by Crippen LogP contribution is -2.32. The molecule has 1 heterocycles. The van der Waals surface area contributed by atoms with E-state index in [1.165, 1.54) is 0 Å². The van der Waals surface area contributed by atoms with Crippen molar-refractivity contribution in [3.05, 3.63) is 88.9 Å². The van der Waals surface area contributed by atoms with Gasteiger partial charge in [-0.25, -0.2) is 0 Å².